The van der Waals surface area contributed by atoms with Gasteiger partial charge in [-0.1, -0.05) is 6.92 Å². The van der Waals surface area contributed by atoms with E-state index >= 15 is 0 Å². The number of anilines is 1. The van der Waals surface area contributed by atoms with Gasteiger partial charge in [0, 0.05) is 31.3 Å². The van der Waals surface area contributed by atoms with Crippen LogP contribution in [-0.2, 0) is 4.79 Å². The van der Waals surface area contributed by atoms with E-state index in [0.717, 1.165) is 19.6 Å². The number of ether oxygens (including phenoxy) is 1. The van der Waals surface area contributed by atoms with Crippen molar-refractivity contribution in [1.29, 1.82) is 0 Å². The van der Waals surface area contributed by atoms with Crippen LogP contribution in [0.5, 0.6) is 5.75 Å². The molecule has 2 N–H and O–H groups in total. The topological polar surface area (TPSA) is 70.7 Å². The van der Waals surface area contributed by atoms with Crippen molar-refractivity contribution in [1.82, 2.24) is 10.2 Å². The minimum absolute atomic E-state index is 0.0742. The van der Waals surface area contributed by atoms with Gasteiger partial charge in [-0.3, -0.25) is 9.59 Å². The van der Waals surface area contributed by atoms with Gasteiger partial charge in [-0.2, -0.15) is 0 Å². The number of amides is 2. The Kier molecular flexibility index (Phi) is 6.40. The molecule has 1 fully saturated rings. The van der Waals surface area contributed by atoms with E-state index in [4.69, 9.17) is 4.74 Å². The van der Waals surface area contributed by atoms with Crippen molar-refractivity contribution in [3.63, 3.8) is 0 Å². The Hall–Kier alpha value is -2.08. The predicted octanol–water partition coefficient (Wildman–Crippen LogP) is 1.87. The van der Waals surface area contributed by atoms with Crippen LogP contribution >= 0.6 is 0 Å². The molecule has 0 spiro atoms. The van der Waals surface area contributed by atoms with Crippen LogP contribution in [0.25, 0.3) is 0 Å². The Labute approximate surface area is 137 Å². The summed E-state index contributed by atoms with van der Waals surface area (Å²) >= 11 is 0. The van der Waals surface area contributed by atoms with Crippen LogP contribution in [0.2, 0.25) is 0 Å². The molecule has 1 heterocycles. The van der Waals surface area contributed by atoms with Gasteiger partial charge in [-0.15, -0.1) is 0 Å². The lowest BCUT2D eigenvalue weighted by Gasteiger charge is -2.15. The van der Waals surface area contributed by atoms with E-state index in [9.17, 15) is 9.59 Å². The summed E-state index contributed by atoms with van der Waals surface area (Å²) in [6, 6.07) is 5.06. The van der Waals surface area contributed by atoms with Gasteiger partial charge in [0.25, 0.3) is 5.91 Å². The molecule has 1 saturated heterocycles. The number of benzene rings is 1. The fourth-order valence-electron chi connectivity index (χ4n) is 2.63. The van der Waals surface area contributed by atoms with Crippen LogP contribution in [-0.4, -0.2) is 50.0 Å². The van der Waals surface area contributed by atoms with Crippen LogP contribution in [0.3, 0.4) is 0 Å². The Morgan fingerprint density at radius 3 is 2.65 bits per heavy atom. The maximum absolute atomic E-state index is 12.3. The van der Waals surface area contributed by atoms with Gasteiger partial charge >= 0.3 is 0 Å². The largest absolute Gasteiger partial charge is 0.496 e. The van der Waals surface area contributed by atoms with E-state index in [0.29, 0.717) is 30.0 Å². The lowest BCUT2D eigenvalue weighted by atomic mass is 10.1. The fourth-order valence-corrected chi connectivity index (χ4v) is 2.63. The number of methoxy groups -OCH3 is 1. The Morgan fingerprint density at radius 2 is 2.00 bits per heavy atom. The number of rotatable bonds is 7. The summed E-state index contributed by atoms with van der Waals surface area (Å²) in [7, 11) is 1.52. The number of nitrogens with one attached hydrogen (secondary N) is 2. The number of hydrogen-bond acceptors (Lipinski definition) is 4. The van der Waals surface area contributed by atoms with Gasteiger partial charge in [0.05, 0.1) is 12.7 Å². The fraction of sp³-hybridized carbons (Fsp3) is 0.529. The van der Waals surface area contributed by atoms with Crippen LogP contribution in [0, 0.1) is 0 Å². The Morgan fingerprint density at radius 1 is 1.26 bits per heavy atom. The van der Waals surface area contributed by atoms with E-state index in [2.05, 4.69) is 15.5 Å². The summed E-state index contributed by atoms with van der Waals surface area (Å²) < 4.78 is 5.28. The maximum atomic E-state index is 12.3. The van der Waals surface area contributed by atoms with Crippen LogP contribution in [0.1, 0.15) is 36.5 Å². The highest BCUT2D eigenvalue weighted by Crippen LogP contribution is 2.23. The molecule has 0 saturated carbocycles. The van der Waals surface area contributed by atoms with Gasteiger partial charge in [-0.25, -0.2) is 0 Å². The van der Waals surface area contributed by atoms with Crippen molar-refractivity contribution in [2.45, 2.75) is 26.2 Å². The highest BCUT2D eigenvalue weighted by molar-refractivity contribution is 5.98. The summed E-state index contributed by atoms with van der Waals surface area (Å²) in [5.74, 6) is 0.224. The average molecular weight is 319 g/mol. The molecule has 1 aliphatic heterocycles. The molecule has 0 atom stereocenters. The molecular weight excluding hydrogens is 294 g/mol. The van der Waals surface area contributed by atoms with E-state index in [1.807, 2.05) is 0 Å². The van der Waals surface area contributed by atoms with Crippen molar-refractivity contribution in [2.24, 2.45) is 0 Å². The van der Waals surface area contributed by atoms with Gasteiger partial charge in [0.15, 0.2) is 0 Å². The molecule has 6 nitrogen and oxygen atoms in total. The lowest BCUT2D eigenvalue weighted by Crippen LogP contribution is -2.33. The van der Waals surface area contributed by atoms with E-state index < -0.39 is 0 Å². The molecule has 6 heteroatoms. The average Bonchev–Trinajstić information content (AvgIpc) is 3.07. The Balaban J connectivity index is 1.94. The smallest absolute Gasteiger partial charge is 0.255 e. The number of likely N-dealkylation sites (tertiary alicyclic amines) is 1. The second-order valence-corrected chi connectivity index (χ2v) is 5.62. The molecule has 1 aromatic rings. The first-order valence-corrected chi connectivity index (χ1v) is 8.12. The normalized spacial score (nSPS) is 14.5. The Bertz CT molecular complexity index is 554. The van der Waals surface area contributed by atoms with Gasteiger partial charge in [0.2, 0.25) is 5.91 Å². The SMILES string of the molecule is CCC(=O)Nc1ccc(C(=O)NCCN2CCCC2)c(OC)c1. The zero-order valence-electron chi connectivity index (χ0n) is 13.9. The number of carbonyl (C=O) groups excluding carboxylic acids is 2. The first-order chi connectivity index (χ1) is 11.1. The highest BCUT2D eigenvalue weighted by Gasteiger charge is 2.15. The summed E-state index contributed by atoms with van der Waals surface area (Å²) in [6.45, 7) is 5.51. The molecule has 126 valence electrons. The molecule has 0 unspecified atom stereocenters. The summed E-state index contributed by atoms with van der Waals surface area (Å²) in [6.07, 6.45) is 2.89. The van der Waals surface area contributed by atoms with Crippen LogP contribution in [0.4, 0.5) is 5.69 Å². The zero-order valence-corrected chi connectivity index (χ0v) is 13.9. The molecule has 0 bridgehead atoms. The predicted molar refractivity (Wildman–Crippen MR) is 89.9 cm³/mol. The summed E-state index contributed by atoms with van der Waals surface area (Å²) in [5, 5.41) is 5.68. The van der Waals surface area contributed by atoms with Crippen molar-refractivity contribution >= 4 is 17.5 Å². The third-order valence-corrected chi connectivity index (χ3v) is 3.96. The van der Waals surface area contributed by atoms with Crippen LogP contribution in [0.15, 0.2) is 18.2 Å². The molecule has 23 heavy (non-hydrogen) atoms. The first-order valence-electron chi connectivity index (χ1n) is 8.12. The van der Waals surface area contributed by atoms with Crippen molar-refractivity contribution in [2.75, 3.05) is 38.6 Å². The van der Waals surface area contributed by atoms with E-state index in [1.165, 1.54) is 20.0 Å². The summed E-state index contributed by atoms with van der Waals surface area (Å²) in [5.41, 5.74) is 1.10. The monoisotopic (exact) mass is 319 g/mol. The number of hydrogen-bond donors (Lipinski definition) is 2. The minimum Gasteiger partial charge on any atom is -0.496 e. The molecule has 1 aromatic carbocycles. The van der Waals surface area contributed by atoms with Crippen LogP contribution < -0.4 is 15.4 Å². The van der Waals surface area contributed by atoms with Gasteiger partial charge < -0.3 is 20.3 Å². The molecule has 0 aliphatic carbocycles. The van der Waals surface area contributed by atoms with Crippen molar-refractivity contribution < 1.29 is 14.3 Å². The van der Waals surface area contributed by atoms with Gasteiger partial charge in [-0.05, 0) is 38.1 Å². The third-order valence-electron chi connectivity index (χ3n) is 3.96. The second-order valence-electron chi connectivity index (χ2n) is 5.62. The van der Waals surface area contributed by atoms with Crippen molar-refractivity contribution in [3.05, 3.63) is 23.8 Å². The second kappa shape index (κ2) is 8.53. The van der Waals surface area contributed by atoms with Gasteiger partial charge in [0.1, 0.15) is 5.75 Å². The first kappa shape index (κ1) is 17.3. The minimum atomic E-state index is -0.158. The molecule has 2 rings (SSSR count). The molecule has 0 radical (unpaired) electrons. The molecular formula is C17H25N3O3. The highest BCUT2D eigenvalue weighted by atomic mass is 16.5. The maximum Gasteiger partial charge on any atom is 0.255 e. The van der Waals surface area contributed by atoms with E-state index in [1.54, 1.807) is 25.1 Å². The molecule has 2 amide bonds. The standard InChI is InChI=1S/C17H25N3O3/c1-3-16(21)19-13-6-7-14(15(12-13)23-2)17(22)18-8-11-20-9-4-5-10-20/h6-7,12H,3-5,8-11H2,1-2H3,(H,18,22)(H,19,21). The zero-order chi connectivity index (χ0) is 16.7. The quantitative estimate of drug-likeness (QED) is 0.805. The van der Waals surface area contributed by atoms with Crippen molar-refractivity contribution in [3.8, 4) is 5.75 Å². The lowest BCUT2D eigenvalue weighted by molar-refractivity contribution is -0.115. The van der Waals surface area contributed by atoms with E-state index in [-0.39, 0.29) is 11.8 Å². The number of carbonyl (C=O) groups is 2. The molecule has 0 aromatic heterocycles. The third kappa shape index (κ3) is 4.96. The number of nitrogens with zero attached hydrogens (tertiary/aromatic N) is 1. The summed E-state index contributed by atoms with van der Waals surface area (Å²) in [4.78, 5) is 26.1. The molecule has 1 aliphatic rings.